The van der Waals surface area contributed by atoms with E-state index in [4.69, 9.17) is 5.73 Å². The second-order valence-corrected chi connectivity index (χ2v) is 3.14. The lowest BCUT2D eigenvalue weighted by atomic mass is 9.98. The Morgan fingerprint density at radius 1 is 1.45 bits per heavy atom. The fourth-order valence-corrected chi connectivity index (χ4v) is 1.000. The van der Waals surface area contributed by atoms with Gasteiger partial charge >= 0.3 is 0 Å². The molecule has 1 nitrogen and oxygen atoms in total. The molecule has 0 aliphatic rings. The van der Waals surface area contributed by atoms with E-state index in [0.717, 1.165) is 18.8 Å². The van der Waals surface area contributed by atoms with Crippen LogP contribution < -0.4 is 5.73 Å². The summed E-state index contributed by atoms with van der Waals surface area (Å²) in [6.07, 6.45) is 3.17. The largest absolute Gasteiger partial charge is 0.327 e. The summed E-state index contributed by atoms with van der Waals surface area (Å²) in [5.41, 5.74) is 5.83. The van der Waals surface area contributed by atoms with Gasteiger partial charge in [0, 0.05) is 12.5 Å². The van der Waals surface area contributed by atoms with E-state index in [1.165, 1.54) is 6.42 Å². The predicted molar refractivity (Wildman–Crippen MR) is 50.1 cm³/mol. The summed E-state index contributed by atoms with van der Waals surface area (Å²) in [5, 5.41) is 0. The lowest BCUT2D eigenvalue weighted by Gasteiger charge is -2.12. The summed E-state index contributed by atoms with van der Waals surface area (Å²) in [5.74, 6) is 6.60. The van der Waals surface area contributed by atoms with Crippen LogP contribution in [0.15, 0.2) is 0 Å². The first kappa shape index (κ1) is 10.5. The summed E-state index contributed by atoms with van der Waals surface area (Å²) >= 11 is 0. The van der Waals surface area contributed by atoms with Crippen molar-refractivity contribution < 1.29 is 0 Å². The zero-order valence-corrected chi connectivity index (χ0v) is 7.85. The second kappa shape index (κ2) is 6.24. The molecule has 2 N–H and O–H groups in total. The van der Waals surface area contributed by atoms with Crippen LogP contribution in [-0.2, 0) is 0 Å². The van der Waals surface area contributed by atoms with Crippen LogP contribution >= 0.6 is 0 Å². The quantitative estimate of drug-likeness (QED) is 0.615. The van der Waals surface area contributed by atoms with Crippen LogP contribution in [0, 0.1) is 17.8 Å². The standard InChI is InChI=1S/C10H19N/c1-4-6-7-10(11)8-9(3)5-2/h9-10H,5,7-8,11H2,1-3H3. The lowest BCUT2D eigenvalue weighted by molar-refractivity contribution is 0.456. The Bertz CT molecular complexity index is 141. The molecular formula is C10H19N. The van der Waals surface area contributed by atoms with Crippen LogP contribution in [0.3, 0.4) is 0 Å². The molecule has 0 aliphatic heterocycles. The minimum atomic E-state index is 0.275. The molecule has 0 aromatic rings. The van der Waals surface area contributed by atoms with Crippen LogP contribution in [0.2, 0.25) is 0 Å². The SMILES string of the molecule is CC#CCC(N)CC(C)CC. The Morgan fingerprint density at radius 3 is 2.55 bits per heavy atom. The van der Waals surface area contributed by atoms with E-state index in [1.807, 2.05) is 6.92 Å². The molecule has 0 aromatic carbocycles. The van der Waals surface area contributed by atoms with Crippen LogP contribution in [-0.4, -0.2) is 6.04 Å². The van der Waals surface area contributed by atoms with Crippen molar-refractivity contribution >= 4 is 0 Å². The Morgan fingerprint density at radius 2 is 2.09 bits per heavy atom. The molecule has 0 heterocycles. The average Bonchev–Trinajstić information content (AvgIpc) is 2.00. The van der Waals surface area contributed by atoms with Gasteiger partial charge in [-0.2, -0.15) is 0 Å². The van der Waals surface area contributed by atoms with Gasteiger partial charge in [-0.15, -0.1) is 11.8 Å². The van der Waals surface area contributed by atoms with E-state index >= 15 is 0 Å². The molecule has 0 rings (SSSR count). The molecule has 0 fully saturated rings. The third-order valence-electron chi connectivity index (χ3n) is 1.94. The van der Waals surface area contributed by atoms with Gasteiger partial charge in [-0.3, -0.25) is 0 Å². The van der Waals surface area contributed by atoms with Gasteiger partial charge in [-0.25, -0.2) is 0 Å². The molecule has 0 aromatic heterocycles. The number of rotatable bonds is 4. The molecule has 1 heteroatoms. The van der Waals surface area contributed by atoms with Gasteiger partial charge in [0.15, 0.2) is 0 Å². The zero-order valence-electron chi connectivity index (χ0n) is 7.85. The molecule has 0 spiro atoms. The highest BCUT2D eigenvalue weighted by molar-refractivity contribution is 4.97. The van der Waals surface area contributed by atoms with Gasteiger partial charge in [0.25, 0.3) is 0 Å². The second-order valence-electron chi connectivity index (χ2n) is 3.14. The van der Waals surface area contributed by atoms with E-state index in [1.54, 1.807) is 0 Å². The van der Waals surface area contributed by atoms with Gasteiger partial charge < -0.3 is 5.73 Å². The molecule has 2 atom stereocenters. The Hall–Kier alpha value is -0.480. The van der Waals surface area contributed by atoms with Crippen LogP contribution in [0.1, 0.15) is 40.0 Å². The third kappa shape index (κ3) is 5.94. The highest BCUT2D eigenvalue weighted by atomic mass is 14.6. The van der Waals surface area contributed by atoms with Gasteiger partial charge in [-0.1, -0.05) is 20.3 Å². The summed E-state index contributed by atoms with van der Waals surface area (Å²) in [4.78, 5) is 0. The molecule has 0 radical (unpaired) electrons. The zero-order chi connectivity index (χ0) is 8.69. The van der Waals surface area contributed by atoms with Crippen LogP contribution in [0.4, 0.5) is 0 Å². The maximum absolute atomic E-state index is 5.83. The number of hydrogen-bond donors (Lipinski definition) is 1. The Labute approximate surface area is 70.4 Å². The Balaban J connectivity index is 3.48. The monoisotopic (exact) mass is 153 g/mol. The molecule has 11 heavy (non-hydrogen) atoms. The predicted octanol–water partition coefficient (Wildman–Crippen LogP) is 2.16. The molecule has 64 valence electrons. The maximum atomic E-state index is 5.83. The summed E-state index contributed by atoms with van der Waals surface area (Å²) in [7, 11) is 0. The number of hydrogen-bond acceptors (Lipinski definition) is 1. The van der Waals surface area contributed by atoms with Crippen molar-refractivity contribution in [1.29, 1.82) is 0 Å². The smallest absolute Gasteiger partial charge is 0.0241 e. The van der Waals surface area contributed by atoms with E-state index in [2.05, 4.69) is 25.7 Å². The van der Waals surface area contributed by atoms with Gasteiger partial charge in [0.05, 0.1) is 0 Å². The van der Waals surface area contributed by atoms with Crippen molar-refractivity contribution in [2.75, 3.05) is 0 Å². The lowest BCUT2D eigenvalue weighted by Crippen LogP contribution is -2.21. The first-order chi connectivity index (χ1) is 5.20. The highest BCUT2D eigenvalue weighted by Crippen LogP contribution is 2.09. The molecule has 2 unspecified atom stereocenters. The fourth-order valence-electron chi connectivity index (χ4n) is 1.000. The molecule has 0 saturated carbocycles. The molecule has 0 amide bonds. The average molecular weight is 153 g/mol. The van der Waals surface area contributed by atoms with E-state index in [-0.39, 0.29) is 6.04 Å². The number of nitrogens with two attached hydrogens (primary N) is 1. The van der Waals surface area contributed by atoms with Gasteiger partial charge in [0.2, 0.25) is 0 Å². The topological polar surface area (TPSA) is 26.0 Å². The minimum Gasteiger partial charge on any atom is -0.327 e. The van der Waals surface area contributed by atoms with E-state index in [9.17, 15) is 0 Å². The summed E-state index contributed by atoms with van der Waals surface area (Å²) in [6.45, 7) is 6.29. The van der Waals surface area contributed by atoms with Crippen LogP contribution in [0.5, 0.6) is 0 Å². The third-order valence-corrected chi connectivity index (χ3v) is 1.94. The van der Waals surface area contributed by atoms with Gasteiger partial charge in [-0.05, 0) is 19.3 Å². The van der Waals surface area contributed by atoms with E-state index < -0.39 is 0 Å². The van der Waals surface area contributed by atoms with Gasteiger partial charge in [0.1, 0.15) is 0 Å². The first-order valence-corrected chi connectivity index (χ1v) is 4.35. The maximum Gasteiger partial charge on any atom is 0.0241 e. The minimum absolute atomic E-state index is 0.275. The van der Waals surface area contributed by atoms with Crippen molar-refractivity contribution in [3.05, 3.63) is 0 Å². The highest BCUT2D eigenvalue weighted by Gasteiger charge is 2.05. The Kier molecular flexibility index (Phi) is 5.97. The van der Waals surface area contributed by atoms with Crippen molar-refractivity contribution in [2.24, 2.45) is 11.7 Å². The van der Waals surface area contributed by atoms with Crippen molar-refractivity contribution in [1.82, 2.24) is 0 Å². The first-order valence-electron chi connectivity index (χ1n) is 4.35. The van der Waals surface area contributed by atoms with Crippen molar-refractivity contribution in [3.8, 4) is 11.8 Å². The summed E-state index contributed by atoms with van der Waals surface area (Å²) in [6, 6.07) is 0.275. The molecule has 0 bridgehead atoms. The normalized spacial score (nSPS) is 14.9. The van der Waals surface area contributed by atoms with Crippen molar-refractivity contribution in [2.45, 2.75) is 46.1 Å². The fraction of sp³-hybridized carbons (Fsp3) is 0.800. The van der Waals surface area contributed by atoms with Crippen molar-refractivity contribution in [3.63, 3.8) is 0 Å². The van der Waals surface area contributed by atoms with Crippen LogP contribution in [0.25, 0.3) is 0 Å². The molecular weight excluding hydrogens is 134 g/mol. The summed E-state index contributed by atoms with van der Waals surface area (Å²) < 4.78 is 0. The molecule has 0 aliphatic carbocycles. The van der Waals surface area contributed by atoms with E-state index in [0.29, 0.717) is 0 Å². The molecule has 0 saturated heterocycles.